The van der Waals surface area contributed by atoms with Crippen molar-refractivity contribution in [2.45, 2.75) is 24.1 Å². The molecule has 1 saturated heterocycles. The first kappa shape index (κ1) is 15.0. The van der Waals surface area contributed by atoms with Gasteiger partial charge in [0.15, 0.2) is 9.84 Å². The van der Waals surface area contributed by atoms with Gasteiger partial charge in [-0.2, -0.15) is 0 Å². The maximum absolute atomic E-state index is 12.2. The highest BCUT2D eigenvalue weighted by molar-refractivity contribution is 7.92. The van der Waals surface area contributed by atoms with Gasteiger partial charge in [-0.25, -0.2) is 8.42 Å². The Hall–Kier alpha value is -1.40. The average Bonchev–Trinajstić information content (AvgIpc) is 2.79. The maximum atomic E-state index is 12.2. The van der Waals surface area contributed by atoms with Gasteiger partial charge in [-0.15, -0.1) is 0 Å². The molecule has 1 aliphatic heterocycles. The molecule has 0 saturated carbocycles. The third kappa shape index (κ3) is 3.02. The highest BCUT2D eigenvalue weighted by Gasteiger charge is 2.37. The lowest BCUT2D eigenvalue weighted by Gasteiger charge is -2.19. The zero-order chi connectivity index (χ0) is 14.9. The lowest BCUT2D eigenvalue weighted by atomic mass is 9.95. The van der Waals surface area contributed by atoms with Gasteiger partial charge in [0, 0.05) is 31.3 Å². The topological polar surface area (TPSA) is 80.5 Å². The molecular weight excluding hydrogens is 276 g/mol. The summed E-state index contributed by atoms with van der Waals surface area (Å²) in [6, 6.07) is 9.61. The van der Waals surface area contributed by atoms with E-state index in [2.05, 4.69) is 0 Å². The third-order valence-electron chi connectivity index (χ3n) is 3.89. The second kappa shape index (κ2) is 5.54. The third-order valence-corrected chi connectivity index (χ3v) is 5.38. The molecule has 1 aromatic carbocycles. The van der Waals surface area contributed by atoms with Crippen LogP contribution in [-0.4, -0.2) is 49.9 Å². The van der Waals surface area contributed by atoms with Crippen LogP contribution in [0.15, 0.2) is 30.3 Å². The number of benzene rings is 1. The monoisotopic (exact) mass is 296 g/mol. The van der Waals surface area contributed by atoms with Crippen molar-refractivity contribution in [3.63, 3.8) is 0 Å². The first-order valence-electron chi connectivity index (χ1n) is 6.59. The van der Waals surface area contributed by atoms with E-state index in [1.165, 1.54) is 6.92 Å². The molecule has 0 spiro atoms. The van der Waals surface area contributed by atoms with Crippen LogP contribution in [0, 0.1) is 0 Å². The van der Waals surface area contributed by atoms with Crippen molar-refractivity contribution < 1.29 is 13.2 Å². The van der Waals surface area contributed by atoms with Gasteiger partial charge in [0.25, 0.3) is 0 Å². The summed E-state index contributed by atoms with van der Waals surface area (Å²) in [5, 5.41) is -1.01. The van der Waals surface area contributed by atoms with E-state index in [1.807, 2.05) is 30.3 Å². The average molecular weight is 296 g/mol. The van der Waals surface area contributed by atoms with Crippen molar-refractivity contribution in [3.05, 3.63) is 35.9 Å². The number of amides is 1. The van der Waals surface area contributed by atoms with Crippen LogP contribution >= 0.6 is 0 Å². The second-order valence-corrected chi connectivity index (χ2v) is 7.76. The highest BCUT2D eigenvalue weighted by Crippen LogP contribution is 2.27. The van der Waals surface area contributed by atoms with Gasteiger partial charge in [-0.05, 0) is 12.5 Å². The Morgan fingerprint density at radius 1 is 1.30 bits per heavy atom. The summed E-state index contributed by atoms with van der Waals surface area (Å²) in [7, 11) is -3.37. The Morgan fingerprint density at radius 2 is 1.90 bits per heavy atom. The Kier molecular flexibility index (Phi) is 4.15. The standard InChI is InChI=1S/C14H20N2O3S/c1-10(20(2,18)19)14(17)16-8-12(13(15)9-16)11-6-4-3-5-7-11/h3-7,10,12-13H,8-9,15H2,1-2H3/t10?,12-,13+/m0/s1. The van der Waals surface area contributed by atoms with E-state index in [-0.39, 0.29) is 17.9 Å². The van der Waals surface area contributed by atoms with E-state index in [9.17, 15) is 13.2 Å². The molecule has 20 heavy (non-hydrogen) atoms. The number of hydrogen-bond acceptors (Lipinski definition) is 4. The summed E-state index contributed by atoms with van der Waals surface area (Å²) >= 11 is 0. The molecule has 1 aromatic rings. The van der Waals surface area contributed by atoms with Crippen LogP contribution < -0.4 is 5.73 Å². The van der Waals surface area contributed by atoms with Crippen LogP contribution in [0.2, 0.25) is 0 Å². The molecule has 0 radical (unpaired) electrons. The largest absolute Gasteiger partial charge is 0.339 e. The van der Waals surface area contributed by atoms with Gasteiger partial charge in [0.2, 0.25) is 5.91 Å². The van der Waals surface area contributed by atoms with Gasteiger partial charge in [0.05, 0.1) is 0 Å². The number of rotatable bonds is 3. The van der Waals surface area contributed by atoms with Crippen LogP contribution in [0.3, 0.4) is 0 Å². The first-order valence-corrected chi connectivity index (χ1v) is 8.54. The van der Waals surface area contributed by atoms with E-state index in [4.69, 9.17) is 5.73 Å². The van der Waals surface area contributed by atoms with E-state index >= 15 is 0 Å². The molecule has 0 bridgehead atoms. The smallest absolute Gasteiger partial charge is 0.240 e. The van der Waals surface area contributed by atoms with Crippen LogP contribution in [0.5, 0.6) is 0 Å². The molecule has 110 valence electrons. The SMILES string of the molecule is CC(C(=O)N1C[C@@H](N)[C@H](c2ccccc2)C1)S(C)(=O)=O. The number of sulfone groups is 1. The summed E-state index contributed by atoms with van der Waals surface area (Å²) in [5.74, 6) is -0.298. The maximum Gasteiger partial charge on any atom is 0.240 e. The molecule has 1 aliphatic rings. The lowest BCUT2D eigenvalue weighted by molar-refractivity contribution is -0.129. The number of nitrogens with zero attached hydrogens (tertiary/aromatic N) is 1. The summed E-state index contributed by atoms with van der Waals surface area (Å²) in [4.78, 5) is 13.8. The first-order chi connectivity index (χ1) is 9.30. The Bertz CT molecular complexity index is 586. The Labute approximate surface area is 119 Å². The molecule has 0 aromatic heterocycles. The zero-order valence-electron chi connectivity index (χ0n) is 11.7. The molecule has 2 N–H and O–H groups in total. The second-order valence-electron chi connectivity index (χ2n) is 5.40. The number of likely N-dealkylation sites (tertiary alicyclic amines) is 1. The lowest BCUT2D eigenvalue weighted by Crippen LogP contribution is -2.41. The van der Waals surface area contributed by atoms with E-state index in [0.717, 1.165) is 11.8 Å². The summed E-state index contributed by atoms with van der Waals surface area (Å²) in [6.07, 6.45) is 1.08. The fourth-order valence-electron chi connectivity index (χ4n) is 2.50. The van der Waals surface area contributed by atoms with Crippen LogP contribution in [0.25, 0.3) is 0 Å². The van der Waals surface area contributed by atoms with Crippen molar-refractivity contribution in [1.82, 2.24) is 4.90 Å². The molecule has 2 rings (SSSR count). The predicted octanol–water partition coefficient (Wildman–Crippen LogP) is 0.373. The van der Waals surface area contributed by atoms with Crippen LogP contribution in [-0.2, 0) is 14.6 Å². The van der Waals surface area contributed by atoms with Crippen LogP contribution in [0.1, 0.15) is 18.4 Å². The molecule has 5 nitrogen and oxygen atoms in total. The summed E-state index contributed by atoms with van der Waals surface area (Å²) in [5.41, 5.74) is 7.19. The van der Waals surface area contributed by atoms with Crippen molar-refractivity contribution in [2.24, 2.45) is 5.73 Å². The van der Waals surface area contributed by atoms with Crippen molar-refractivity contribution >= 4 is 15.7 Å². The van der Waals surface area contributed by atoms with E-state index in [0.29, 0.717) is 13.1 Å². The normalized spacial score (nSPS) is 24.6. The molecule has 6 heteroatoms. The minimum Gasteiger partial charge on any atom is -0.339 e. The zero-order valence-corrected chi connectivity index (χ0v) is 12.5. The molecule has 0 aliphatic carbocycles. The number of nitrogens with two attached hydrogens (primary N) is 1. The molecule has 1 amide bonds. The highest BCUT2D eigenvalue weighted by atomic mass is 32.2. The molecule has 3 atom stereocenters. The predicted molar refractivity (Wildman–Crippen MR) is 78.0 cm³/mol. The van der Waals surface area contributed by atoms with Crippen molar-refractivity contribution in [2.75, 3.05) is 19.3 Å². The summed E-state index contributed by atoms with van der Waals surface area (Å²) < 4.78 is 23.0. The fraction of sp³-hybridized carbons (Fsp3) is 0.500. The quantitative estimate of drug-likeness (QED) is 0.874. The molecular formula is C14H20N2O3S. The van der Waals surface area contributed by atoms with Crippen LogP contribution in [0.4, 0.5) is 0 Å². The minimum absolute atomic E-state index is 0.0620. The van der Waals surface area contributed by atoms with Gasteiger partial charge in [0.1, 0.15) is 5.25 Å². The van der Waals surface area contributed by atoms with E-state index < -0.39 is 15.1 Å². The minimum atomic E-state index is -3.37. The van der Waals surface area contributed by atoms with Gasteiger partial charge >= 0.3 is 0 Å². The number of carbonyl (C=O) groups excluding carboxylic acids is 1. The Balaban J connectivity index is 2.13. The fourth-order valence-corrected chi connectivity index (χ4v) is 3.02. The van der Waals surface area contributed by atoms with Gasteiger partial charge in [-0.1, -0.05) is 30.3 Å². The summed E-state index contributed by atoms with van der Waals surface area (Å²) in [6.45, 7) is 2.31. The van der Waals surface area contributed by atoms with Crippen molar-refractivity contribution in [1.29, 1.82) is 0 Å². The van der Waals surface area contributed by atoms with Crippen molar-refractivity contribution in [3.8, 4) is 0 Å². The van der Waals surface area contributed by atoms with Gasteiger partial charge < -0.3 is 10.6 Å². The molecule has 1 heterocycles. The Morgan fingerprint density at radius 3 is 2.45 bits per heavy atom. The number of hydrogen-bond donors (Lipinski definition) is 1. The van der Waals surface area contributed by atoms with E-state index in [1.54, 1.807) is 4.90 Å². The molecule has 1 fully saturated rings. The van der Waals surface area contributed by atoms with Gasteiger partial charge in [-0.3, -0.25) is 4.79 Å². The molecule has 1 unspecified atom stereocenters. The number of carbonyl (C=O) groups is 1.